The van der Waals surface area contributed by atoms with E-state index in [0.29, 0.717) is 32.7 Å². The number of hydrogen-bond acceptors (Lipinski definition) is 6. The fourth-order valence-corrected chi connectivity index (χ4v) is 5.23. The summed E-state index contributed by atoms with van der Waals surface area (Å²) in [5, 5.41) is 8.83. The van der Waals surface area contributed by atoms with Gasteiger partial charge in [0.25, 0.3) is 0 Å². The first-order valence-electron chi connectivity index (χ1n) is 13.1. The van der Waals surface area contributed by atoms with Crippen LogP contribution in [0.2, 0.25) is 0 Å². The molecule has 0 aromatic heterocycles. The molecule has 0 amide bonds. The lowest BCUT2D eigenvalue weighted by molar-refractivity contribution is -0.137. The van der Waals surface area contributed by atoms with Gasteiger partial charge in [0.1, 0.15) is 5.75 Å². The highest BCUT2D eigenvalue weighted by Crippen LogP contribution is 2.34. The van der Waals surface area contributed by atoms with Gasteiger partial charge >= 0.3 is 5.97 Å². The van der Waals surface area contributed by atoms with Crippen molar-refractivity contribution in [1.29, 1.82) is 0 Å². The van der Waals surface area contributed by atoms with Crippen LogP contribution >= 0.6 is 0 Å². The van der Waals surface area contributed by atoms with Crippen molar-refractivity contribution in [2.75, 3.05) is 33.4 Å². The first-order chi connectivity index (χ1) is 18.0. The zero-order valence-corrected chi connectivity index (χ0v) is 21.5. The predicted molar refractivity (Wildman–Crippen MR) is 142 cm³/mol. The van der Waals surface area contributed by atoms with Crippen molar-refractivity contribution in [3.05, 3.63) is 66.2 Å². The molecule has 3 atom stereocenters. The molecule has 1 aliphatic carbocycles. The van der Waals surface area contributed by atoms with Crippen molar-refractivity contribution in [1.82, 2.24) is 4.90 Å². The maximum absolute atomic E-state index is 13.1. The van der Waals surface area contributed by atoms with E-state index in [9.17, 15) is 9.59 Å². The molecular formula is C30H37NO6. The van der Waals surface area contributed by atoms with E-state index >= 15 is 0 Å². The highest BCUT2D eigenvalue weighted by Gasteiger charge is 2.45. The number of hydrogen-bond donors (Lipinski definition) is 1. The molecule has 2 fully saturated rings. The molecule has 2 aliphatic rings. The Morgan fingerprint density at radius 2 is 1.73 bits per heavy atom. The van der Waals surface area contributed by atoms with Gasteiger partial charge in [-0.05, 0) is 48.1 Å². The number of ketones is 1. The van der Waals surface area contributed by atoms with E-state index in [-0.39, 0.29) is 30.3 Å². The monoisotopic (exact) mass is 507 g/mol. The topological polar surface area (TPSA) is 85.3 Å². The smallest absolute Gasteiger partial charge is 0.303 e. The van der Waals surface area contributed by atoms with Crippen LogP contribution in [0.25, 0.3) is 11.1 Å². The summed E-state index contributed by atoms with van der Waals surface area (Å²) in [5.41, 5.74) is 3.32. The Morgan fingerprint density at radius 1 is 1.05 bits per heavy atom. The average molecular weight is 508 g/mol. The molecule has 0 radical (unpaired) electrons. The van der Waals surface area contributed by atoms with Crippen LogP contribution in [0.15, 0.2) is 60.7 Å². The molecule has 0 spiro atoms. The number of methoxy groups -OCH3 is 1. The van der Waals surface area contributed by atoms with Crippen molar-refractivity contribution in [3.8, 4) is 16.9 Å². The van der Waals surface area contributed by atoms with E-state index in [0.717, 1.165) is 48.4 Å². The number of carboxylic acid groups (broad SMARTS) is 1. The van der Waals surface area contributed by atoms with E-state index in [1.807, 2.05) is 30.3 Å². The number of carboxylic acids is 1. The van der Waals surface area contributed by atoms with Gasteiger partial charge in [-0.25, -0.2) is 0 Å². The van der Waals surface area contributed by atoms with Gasteiger partial charge in [0.2, 0.25) is 0 Å². The molecule has 7 nitrogen and oxygen atoms in total. The number of morpholine rings is 1. The summed E-state index contributed by atoms with van der Waals surface area (Å²) in [6, 6.07) is 16.2. The van der Waals surface area contributed by atoms with Crippen molar-refractivity contribution >= 4 is 11.8 Å². The predicted octanol–water partition coefficient (Wildman–Crippen LogP) is 4.74. The van der Waals surface area contributed by atoms with E-state index in [4.69, 9.17) is 19.3 Å². The molecule has 37 heavy (non-hydrogen) atoms. The second kappa shape index (κ2) is 13.5. The molecule has 2 aromatic rings. The molecule has 0 bridgehead atoms. The van der Waals surface area contributed by atoms with Crippen molar-refractivity contribution in [2.45, 2.75) is 50.9 Å². The third-order valence-electron chi connectivity index (χ3n) is 7.23. The lowest BCUT2D eigenvalue weighted by Crippen LogP contribution is -2.49. The molecule has 1 saturated heterocycles. The first-order valence-corrected chi connectivity index (χ1v) is 13.1. The molecule has 1 heterocycles. The van der Waals surface area contributed by atoms with E-state index < -0.39 is 5.97 Å². The number of ether oxygens (including phenoxy) is 3. The Morgan fingerprint density at radius 3 is 2.38 bits per heavy atom. The molecule has 3 unspecified atom stereocenters. The fraction of sp³-hybridized carbons (Fsp3) is 0.467. The maximum Gasteiger partial charge on any atom is 0.303 e. The lowest BCUT2D eigenvalue weighted by atomic mass is 9.95. The summed E-state index contributed by atoms with van der Waals surface area (Å²) in [6.07, 6.45) is 6.66. The van der Waals surface area contributed by atoms with E-state index in [2.05, 4.69) is 35.2 Å². The SMILES string of the molecule is COc1ccc(-c2ccc(COC3CC(=O)C(N4CCOCC4)C3C/C=C/CCCC(=O)O)cc2)cc1. The van der Waals surface area contributed by atoms with Gasteiger partial charge < -0.3 is 19.3 Å². The number of allylic oxidation sites excluding steroid dienone is 2. The van der Waals surface area contributed by atoms with Crippen LogP contribution in [-0.4, -0.2) is 67.3 Å². The van der Waals surface area contributed by atoms with Crippen molar-refractivity contribution in [3.63, 3.8) is 0 Å². The van der Waals surface area contributed by atoms with Crippen molar-refractivity contribution in [2.24, 2.45) is 5.92 Å². The minimum Gasteiger partial charge on any atom is -0.497 e. The number of unbranched alkanes of at least 4 members (excludes halogenated alkanes) is 1. The van der Waals surface area contributed by atoms with Crippen LogP contribution in [0, 0.1) is 5.92 Å². The molecular weight excluding hydrogens is 470 g/mol. The summed E-state index contributed by atoms with van der Waals surface area (Å²) in [5.74, 6) is 0.374. The van der Waals surface area contributed by atoms with Gasteiger partial charge in [0, 0.05) is 31.8 Å². The highest BCUT2D eigenvalue weighted by atomic mass is 16.5. The molecule has 1 aliphatic heterocycles. The molecule has 198 valence electrons. The van der Waals surface area contributed by atoms with E-state index in [1.54, 1.807) is 7.11 Å². The molecule has 2 aromatic carbocycles. The normalized spacial score (nSPS) is 22.5. The fourth-order valence-electron chi connectivity index (χ4n) is 5.23. The van der Waals surface area contributed by atoms with Gasteiger partial charge in [-0.1, -0.05) is 48.6 Å². The molecule has 1 N–H and O–H groups in total. The zero-order valence-electron chi connectivity index (χ0n) is 21.5. The second-order valence-corrected chi connectivity index (χ2v) is 9.70. The van der Waals surface area contributed by atoms with Gasteiger partial charge in [-0.3, -0.25) is 14.5 Å². The number of carbonyl (C=O) groups excluding carboxylic acids is 1. The van der Waals surface area contributed by atoms with Crippen molar-refractivity contribution < 1.29 is 28.9 Å². The number of carbonyl (C=O) groups is 2. The quantitative estimate of drug-likeness (QED) is 0.328. The van der Waals surface area contributed by atoms with Gasteiger partial charge in [-0.2, -0.15) is 0 Å². The second-order valence-electron chi connectivity index (χ2n) is 9.70. The zero-order chi connectivity index (χ0) is 26.0. The number of Topliss-reactive ketones (excluding diaryl/α,β-unsaturated/α-hetero) is 1. The Hall–Kier alpha value is -3.00. The summed E-state index contributed by atoms with van der Waals surface area (Å²) >= 11 is 0. The van der Waals surface area contributed by atoms with Crippen LogP contribution in [0.4, 0.5) is 0 Å². The third kappa shape index (κ3) is 7.51. The standard InChI is InChI=1S/C30H37NO6/c1-35-25-14-12-24(13-15-25)23-10-8-22(9-11-23)21-37-28-20-27(32)30(31-16-18-36-19-17-31)26(28)6-4-2-3-5-7-29(33)34/h2,4,8-15,26,28,30H,3,5-7,16-21H2,1H3,(H,33,34)/b4-2+. The molecule has 1 saturated carbocycles. The Bertz CT molecular complexity index is 1040. The van der Waals surface area contributed by atoms with Gasteiger partial charge in [-0.15, -0.1) is 0 Å². The third-order valence-corrected chi connectivity index (χ3v) is 7.23. The number of rotatable bonds is 12. The average Bonchev–Trinajstić information content (AvgIpc) is 3.24. The van der Waals surface area contributed by atoms with E-state index in [1.165, 1.54) is 0 Å². The van der Waals surface area contributed by atoms with Crippen LogP contribution < -0.4 is 4.74 Å². The molecule has 7 heteroatoms. The molecule has 4 rings (SSSR count). The minimum atomic E-state index is -0.771. The summed E-state index contributed by atoms with van der Waals surface area (Å²) in [6.45, 7) is 3.26. The van der Waals surface area contributed by atoms with Crippen LogP contribution in [0.3, 0.4) is 0 Å². The Kier molecular flexibility index (Phi) is 9.88. The lowest BCUT2D eigenvalue weighted by Gasteiger charge is -2.35. The van der Waals surface area contributed by atoms with Crippen LogP contribution in [0.1, 0.15) is 37.7 Å². The number of nitrogens with zero attached hydrogens (tertiary/aromatic N) is 1. The number of benzene rings is 2. The Labute approximate surface area is 219 Å². The first kappa shape index (κ1) is 27.0. The highest BCUT2D eigenvalue weighted by molar-refractivity contribution is 5.87. The summed E-state index contributed by atoms with van der Waals surface area (Å²) in [7, 11) is 1.66. The van der Waals surface area contributed by atoms with Crippen LogP contribution in [0.5, 0.6) is 5.75 Å². The Balaban J connectivity index is 1.38. The van der Waals surface area contributed by atoms with Crippen LogP contribution in [-0.2, 0) is 25.7 Å². The summed E-state index contributed by atoms with van der Waals surface area (Å²) < 4.78 is 17.1. The van der Waals surface area contributed by atoms with Gasteiger partial charge in [0.05, 0.1) is 39.1 Å². The minimum absolute atomic E-state index is 0.0693. The summed E-state index contributed by atoms with van der Waals surface area (Å²) in [4.78, 5) is 26.1. The van der Waals surface area contributed by atoms with Gasteiger partial charge in [0.15, 0.2) is 5.78 Å². The number of aliphatic carboxylic acids is 1. The maximum atomic E-state index is 13.1. The largest absolute Gasteiger partial charge is 0.497 e.